The number of hydrogen-bond donors (Lipinski definition) is 1. The minimum absolute atomic E-state index is 0.209. The molecule has 0 aliphatic carbocycles. The number of ether oxygens (including phenoxy) is 2. The minimum Gasteiger partial charge on any atom is -0.496 e. The fourth-order valence-electron chi connectivity index (χ4n) is 3.79. The van der Waals surface area contributed by atoms with Gasteiger partial charge in [0.25, 0.3) is 5.89 Å². The maximum absolute atomic E-state index is 6.31. The van der Waals surface area contributed by atoms with Crippen molar-refractivity contribution in [3.63, 3.8) is 0 Å². The summed E-state index contributed by atoms with van der Waals surface area (Å²) in [5.41, 5.74) is 9.72. The predicted octanol–water partition coefficient (Wildman–Crippen LogP) is 2.47. The number of nitrogen functional groups attached to an aromatic ring is 1. The van der Waals surface area contributed by atoms with Gasteiger partial charge in [0, 0.05) is 19.6 Å². The molecule has 0 amide bonds. The fraction of sp³-hybridized carbons (Fsp3) is 0.304. The number of hydrogen-bond acceptors (Lipinski definition) is 9. The van der Waals surface area contributed by atoms with Crippen LogP contribution in [0.4, 0.5) is 5.82 Å². The molecule has 0 atom stereocenters. The van der Waals surface area contributed by atoms with E-state index in [1.165, 1.54) is 5.56 Å². The van der Waals surface area contributed by atoms with Crippen LogP contribution in [-0.2, 0) is 17.8 Å². The van der Waals surface area contributed by atoms with Crippen molar-refractivity contribution in [1.29, 1.82) is 0 Å². The molecule has 0 spiro atoms. The maximum atomic E-state index is 6.31. The van der Waals surface area contributed by atoms with Gasteiger partial charge in [0.1, 0.15) is 5.75 Å². The Morgan fingerprint density at radius 3 is 2.48 bits per heavy atom. The Bertz CT molecular complexity index is 1210. The van der Waals surface area contributed by atoms with Crippen LogP contribution in [-0.4, -0.2) is 63.4 Å². The first kappa shape index (κ1) is 21.1. The van der Waals surface area contributed by atoms with E-state index in [4.69, 9.17) is 19.7 Å². The van der Waals surface area contributed by atoms with E-state index >= 15 is 0 Å². The lowest BCUT2D eigenvalue weighted by Crippen LogP contribution is -2.35. The van der Waals surface area contributed by atoms with Gasteiger partial charge < -0.3 is 19.7 Å². The van der Waals surface area contributed by atoms with E-state index in [0.29, 0.717) is 29.6 Å². The molecule has 0 unspecified atom stereocenters. The highest BCUT2D eigenvalue weighted by atomic mass is 16.5. The number of para-hydroxylation sites is 1. The Labute approximate surface area is 190 Å². The third-order valence-corrected chi connectivity index (χ3v) is 5.62. The van der Waals surface area contributed by atoms with Crippen molar-refractivity contribution in [1.82, 2.24) is 30.0 Å². The Balaban J connectivity index is 1.29. The molecular weight excluding hydrogens is 422 g/mol. The molecule has 2 aromatic heterocycles. The van der Waals surface area contributed by atoms with Gasteiger partial charge in [-0.05, 0) is 23.3 Å². The molecule has 1 saturated heterocycles. The summed E-state index contributed by atoms with van der Waals surface area (Å²) in [4.78, 5) is 6.83. The molecular formula is C23H25N7O3. The van der Waals surface area contributed by atoms with Crippen molar-refractivity contribution in [3.05, 3.63) is 59.7 Å². The average Bonchev–Trinajstić information content (AvgIpc) is 3.48. The topological polar surface area (TPSA) is 117 Å². The van der Waals surface area contributed by atoms with Crippen LogP contribution in [0.3, 0.4) is 0 Å². The Hall–Kier alpha value is -3.76. The Morgan fingerprint density at radius 2 is 1.73 bits per heavy atom. The summed E-state index contributed by atoms with van der Waals surface area (Å²) < 4.78 is 17.8. The van der Waals surface area contributed by atoms with Crippen LogP contribution in [0.1, 0.15) is 11.1 Å². The highest BCUT2D eigenvalue weighted by Crippen LogP contribution is 2.30. The van der Waals surface area contributed by atoms with E-state index < -0.39 is 0 Å². The monoisotopic (exact) mass is 447 g/mol. The highest BCUT2D eigenvalue weighted by Gasteiger charge is 2.20. The summed E-state index contributed by atoms with van der Waals surface area (Å²) >= 11 is 0. The summed E-state index contributed by atoms with van der Waals surface area (Å²) in [6, 6.07) is 15.9. The van der Waals surface area contributed by atoms with Crippen molar-refractivity contribution in [2.45, 2.75) is 13.1 Å². The number of anilines is 1. The van der Waals surface area contributed by atoms with Crippen molar-refractivity contribution >= 4 is 5.82 Å². The predicted molar refractivity (Wildman–Crippen MR) is 121 cm³/mol. The lowest BCUT2D eigenvalue weighted by molar-refractivity contribution is 0.0342. The molecule has 4 aromatic rings. The zero-order valence-electron chi connectivity index (χ0n) is 18.3. The van der Waals surface area contributed by atoms with Crippen molar-refractivity contribution in [2.75, 3.05) is 39.1 Å². The van der Waals surface area contributed by atoms with E-state index in [2.05, 4.69) is 49.6 Å². The summed E-state index contributed by atoms with van der Waals surface area (Å²) in [6.45, 7) is 4.94. The summed E-state index contributed by atoms with van der Waals surface area (Å²) in [5, 5.41) is 12.4. The fourth-order valence-corrected chi connectivity index (χ4v) is 3.79. The molecule has 10 heteroatoms. The van der Waals surface area contributed by atoms with Crippen LogP contribution in [0.15, 0.2) is 53.1 Å². The third-order valence-electron chi connectivity index (χ3n) is 5.62. The third kappa shape index (κ3) is 4.57. The van der Waals surface area contributed by atoms with Gasteiger partial charge in [-0.3, -0.25) is 4.90 Å². The van der Waals surface area contributed by atoms with Crippen LogP contribution < -0.4 is 10.5 Å². The quantitative estimate of drug-likeness (QED) is 0.456. The molecule has 10 nitrogen and oxygen atoms in total. The van der Waals surface area contributed by atoms with Crippen molar-refractivity contribution in [3.8, 4) is 28.7 Å². The molecule has 0 radical (unpaired) electrons. The van der Waals surface area contributed by atoms with E-state index in [1.54, 1.807) is 11.8 Å². The SMILES string of the molecule is COc1ccccc1-c1noc(-c2nnn(Cc3ccc(CN4CCOCC4)cc3)c2N)n1. The molecule has 0 bridgehead atoms. The number of nitrogens with zero attached hydrogens (tertiary/aromatic N) is 6. The van der Waals surface area contributed by atoms with Gasteiger partial charge in [-0.15, -0.1) is 5.10 Å². The molecule has 2 aromatic carbocycles. The second-order valence-corrected chi connectivity index (χ2v) is 7.81. The van der Waals surface area contributed by atoms with Crippen molar-refractivity contribution in [2.24, 2.45) is 0 Å². The number of methoxy groups -OCH3 is 1. The zero-order valence-corrected chi connectivity index (χ0v) is 18.3. The molecule has 5 rings (SSSR count). The van der Waals surface area contributed by atoms with Crippen LogP contribution in [0.5, 0.6) is 5.75 Å². The number of benzene rings is 2. The van der Waals surface area contributed by atoms with E-state index in [9.17, 15) is 0 Å². The smallest absolute Gasteiger partial charge is 0.282 e. The van der Waals surface area contributed by atoms with Gasteiger partial charge in [-0.1, -0.05) is 46.8 Å². The molecule has 3 heterocycles. The van der Waals surface area contributed by atoms with E-state index in [-0.39, 0.29) is 5.89 Å². The van der Waals surface area contributed by atoms with Crippen molar-refractivity contribution < 1.29 is 14.0 Å². The molecule has 1 aliphatic rings. The first-order chi connectivity index (χ1) is 16.2. The summed E-state index contributed by atoms with van der Waals surface area (Å²) in [6.07, 6.45) is 0. The van der Waals surface area contributed by atoms with Gasteiger partial charge in [0.05, 0.1) is 32.4 Å². The summed E-state index contributed by atoms with van der Waals surface area (Å²) in [7, 11) is 1.60. The number of morpholine rings is 1. The Kier molecular flexibility index (Phi) is 6.01. The first-order valence-electron chi connectivity index (χ1n) is 10.8. The first-order valence-corrected chi connectivity index (χ1v) is 10.8. The van der Waals surface area contributed by atoms with Crippen LogP contribution in [0, 0.1) is 0 Å². The zero-order chi connectivity index (χ0) is 22.6. The maximum Gasteiger partial charge on any atom is 0.282 e. The van der Waals surface area contributed by atoms with Gasteiger partial charge in [0.2, 0.25) is 5.82 Å². The lowest BCUT2D eigenvalue weighted by Gasteiger charge is -2.26. The Morgan fingerprint density at radius 1 is 1.00 bits per heavy atom. The van der Waals surface area contributed by atoms with E-state index in [0.717, 1.165) is 44.0 Å². The second-order valence-electron chi connectivity index (χ2n) is 7.81. The highest BCUT2D eigenvalue weighted by molar-refractivity contribution is 5.67. The molecule has 1 aliphatic heterocycles. The normalized spacial score (nSPS) is 14.5. The molecule has 1 fully saturated rings. The number of aromatic nitrogens is 5. The molecule has 0 saturated carbocycles. The van der Waals surface area contributed by atoms with Crippen LogP contribution in [0.25, 0.3) is 23.0 Å². The molecule has 2 N–H and O–H groups in total. The standard InChI is InChI=1S/C23H25N7O3/c1-31-19-5-3-2-4-18(19)22-25-23(33-27-22)20-21(24)30(28-26-20)15-17-8-6-16(7-9-17)14-29-10-12-32-13-11-29/h2-9H,10-15,24H2,1H3. The second kappa shape index (κ2) is 9.39. The molecule has 170 valence electrons. The van der Waals surface area contributed by atoms with Gasteiger partial charge in [-0.2, -0.15) is 4.98 Å². The lowest BCUT2D eigenvalue weighted by atomic mass is 10.1. The van der Waals surface area contributed by atoms with Gasteiger partial charge in [0.15, 0.2) is 11.5 Å². The van der Waals surface area contributed by atoms with Gasteiger partial charge >= 0.3 is 0 Å². The van der Waals surface area contributed by atoms with Crippen LogP contribution >= 0.6 is 0 Å². The largest absolute Gasteiger partial charge is 0.496 e. The van der Waals surface area contributed by atoms with E-state index in [1.807, 2.05) is 24.3 Å². The number of nitrogens with two attached hydrogens (primary N) is 1. The number of rotatable bonds is 7. The van der Waals surface area contributed by atoms with Gasteiger partial charge in [-0.25, -0.2) is 4.68 Å². The van der Waals surface area contributed by atoms with Crippen LogP contribution in [0.2, 0.25) is 0 Å². The minimum atomic E-state index is 0.209. The summed E-state index contributed by atoms with van der Waals surface area (Å²) in [5.74, 6) is 1.62. The average molecular weight is 447 g/mol. The molecule has 33 heavy (non-hydrogen) atoms.